The fraction of sp³-hybridized carbons (Fsp3) is 0.217. The van der Waals surface area contributed by atoms with Crippen molar-refractivity contribution in [3.05, 3.63) is 88.0 Å². The first kappa shape index (κ1) is 19.9. The first-order valence-corrected chi connectivity index (χ1v) is 9.66. The molecule has 1 N–H and O–H groups in total. The monoisotopic (exact) mass is 411 g/mol. The molecule has 7 heteroatoms. The molecule has 154 valence electrons. The third-order valence-electron chi connectivity index (χ3n) is 5.17. The molecule has 1 aromatic carbocycles. The van der Waals surface area contributed by atoms with Gasteiger partial charge in [-0.05, 0) is 61.4 Å². The number of benzene rings is 1. The van der Waals surface area contributed by atoms with Crippen LogP contribution in [0.25, 0.3) is 17.3 Å². The van der Waals surface area contributed by atoms with E-state index in [0.29, 0.717) is 0 Å². The molecule has 4 nitrogen and oxygen atoms in total. The number of aromatic nitrogens is 2. The largest absolute Gasteiger partial charge is 0.416 e. The Morgan fingerprint density at radius 1 is 0.967 bits per heavy atom. The summed E-state index contributed by atoms with van der Waals surface area (Å²) < 4.78 is 38.2. The van der Waals surface area contributed by atoms with E-state index in [2.05, 4.69) is 20.9 Å². The lowest BCUT2D eigenvalue weighted by Gasteiger charge is -2.30. The maximum Gasteiger partial charge on any atom is 0.416 e. The zero-order valence-corrected chi connectivity index (χ0v) is 16.1. The molecule has 3 aromatic rings. The normalized spacial score (nSPS) is 14.6. The molecule has 30 heavy (non-hydrogen) atoms. The summed E-state index contributed by atoms with van der Waals surface area (Å²) in [6, 6.07) is 14.3. The van der Waals surface area contributed by atoms with E-state index in [4.69, 9.17) is 0 Å². The number of aromatic amines is 1. The van der Waals surface area contributed by atoms with Crippen molar-refractivity contribution in [2.75, 3.05) is 18.0 Å². The lowest BCUT2D eigenvalue weighted by Crippen LogP contribution is -2.30. The van der Waals surface area contributed by atoms with Gasteiger partial charge < -0.3 is 9.88 Å². The molecular formula is C23H20F3N3O. The number of pyridine rings is 2. The summed E-state index contributed by atoms with van der Waals surface area (Å²) in [4.78, 5) is 20.6. The SMILES string of the molecule is O=c1ccc(-c2cccc(C=C3CCN(c4ccc(C(F)(F)F)cc4)CC3)n2)c[nH]1. The van der Waals surface area contributed by atoms with E-state index in [1.807, 2.05) is 18.2 Å². The predicted octanol–water partition coefficient (Wildman–Crippen LogP) is 5.14. The van der Waals surface area contributed by atoms with Gasteiger partial charge in [0.05, 0.1) is 17.0 Å². The molecule has 0 amide bonds. The highest BCUT2D eigenvalue weighted by molar-refractivity contribution is 5.61. The van der Waals surface area contributed by atoms with Crippen molar-refractivity contribution in [2.24, 2.45) is 0 Å². The maximum absolute atomic E-state index is 12.7. The van der Waals surface area contributed by atoms with E-state index in [-0.39, 0.29) is 5.56 Å². The van der Waals surface area contributed by atoms with Gasteiger partial charge in [-0.3, -0.25) is 4.79 Å². The fourth-order valence-electron chi connectivity index (χ4n) is 3.53. The van der Waals surface area contributed by atoms with Crippen molar-refractivity contribution in [3.63, 3.8) is 0 Å². The van der Waals surface area contributed by atoms with Crippen molar-refractivity contribution in [1.82, 2.24) is 9.97 Å². The van der Waals surface area contributed by atoms with Crippen LogP contribution in [0, 0.1) is 0 Å². The smallest absolute Gasteiger partial charge is 0.371 e. The van der Waals surface area contributed by atoms with Crippen LogP contribution in [0.4, 0.5) is 18.9 Å². The second-order valence-electron chi connectivity index (χ2n) is 7.22. The Balaban J connectivity index is 1.43. The number of anilines is 1. The minimum Gasteiger partial charge on any atom is -0.371 e. The minimum absolute atomic E-state index is 0.156. The molecule has 4 rings (SSSR count). The van der Waals surface area contributed by atoms with Crippen molar-refractivity contribution >= 4 is 11.8 Å². The average Bonchev–Trinajstić information content (AvgIpc) is 2.75. The summed E-state index contributed by atoms with van der Waals surface area (Å²) in [5.74, 6) is 0. The molecule has 1 fully saturated rings. The lowest BCUT2D eigenvalue weighted by molar-refractivity contribution is -0.137. The Hall–Kier alpha value is -3.35. The average molecular weight is 411 g/mol. The van der Waals surface area contributed by atoms with Crippen LogP contribution in [0.2, 0.25) is 0 Å². The molecule has 1 aliphatic rings. The number of hydrogen-bond donors (Lipinski definition) is 1. The van der Waals surface area contributed by atoms with E-state index < -0.39 is 11.7 Å². The molecule has 0 bridgehead atoms. The molecular weight excluding hydrogens is 391 g/mol. The van der Waals surface area contributed by atoms with Crippen LogP contribution in [0.15, 0.2) is 71.2 Å². The number of H-pyrrole nitrogens is 1. The molecule has 0 unspecified atom stereocenters. The molecule has 1 aliphatic heterocycles. The van der Waals surface area contributed by atoms with Gasteiger partial charge >= 0.3 is 6.18 Å². The van der Waals surface area contributed by atoms with Crippen LogP contribution in [0.1, 0.15) is 24.1 Å². The number of piperidine rings is 1. The van der Waals surface area contributed by atoms with Crippen molar-refractivity contribution in [3.8, 4) is 11.3 Å². The lowest BCUT2D eigenvalue weighted by atomic mass is 10.0. The molecule has 3 heterocycles. The number of nitrogens with zero attached hydrogens (tertiary/aromatic N) is 2. The Labute approximate surface area is 171 Å². The van der Waals surface area contributed by atoms with Crippen LogP contribution < -0.4 is 10.5 Å². The third kappa shape index (κ3) is 4.62. The fourth-order valence-corrected chi connectivity index (χ4v) is 3.53. The van der Waals surface area contributed by atoms with Gasteiger partial charge in [0, 0.05) is 36.6 Å². The van der Waals surface area contributed by atoms with Crippen LogP contribution in [0.3, 0.4) is 0 Å². The van der Waals surface area contributed by atoms with Gasteiger partial charge in [-0.1, -0.05) is 11.6 Å². The van der Waals surface area contributed by atoms with Gasteiger partial charge in [0.15, 0.2) is 0 Å². The summed E-state index contributed by atoms with van der Waals surface area (Å²) in [5, 5.41) is 0. The Bertz CT molecular complexity index is 1090. The summed E-state index contributed by atoms with van der Waals surface area (Å²) >= 11 is 0. The summed E-state index contributed by atoms with van der Waals surface area (Å²) in [5.41, 5.74) is 3.74. The zero-order chi connectivity index (χ0) is 21.1. The van der Waals surface area contributed by atoms with Gasteiger partial charge in [0.1, 0.15) is 0 Å². The maximum atomic E-state index is 12.7. The first-order chi connectivity index (χ1) is 14.4. The van der Waals surface area contributed by atoms with E-state index in [9.17, 15) is 18.0 Å². The number of alkyl halides is 3. The Kier molecular flexibility index (Phi) is 5.44. The molecule has 0 spiro atoms. The standard InChI is InChI=1S/C23H20F3N3O/c24-23(25,26)18-5-7-20(8-6-18)29-12-10-16(11-13-29)14-19-2-1-3-21(28-19)17-4-9-22(30)27-15-17/h1-9,14-15H,10-13H2,(H,27,30). The van der Waals surface area contributed by atoms with E-state index in [1.165, 1.54) is 23.8 Å². The van der Waals surface area contributed by atoms with Gasteiger partial charge in [-0.15, -0.1) is 0 Å². The number of hydrogen-bond acceptors (Lipinski definition) is 3. The Morgan fingerprint density at radius 3 is 2.33 bits per heavy atom. The topological polar surface area (TPSA) is 49.0 Å². The van der Waals surface area contributed by atoms with Crippen molar-refractivity contribution in [2.45, 2.75) is 19.0 Å². The van der Waals surface area contributed by atoms with Crippen LogP contribution in [0.5, 0.6) is 0 Å². The zero-order valence-electron chi connectivity index (χ0n) is 16.1. The summed E-state index contributed by atoms with van der Waals surface area (Å²) in [6.45, 7) is 1.49. The van der Waals surface area contributed by atoms with Gasteiger partial charge in [0.25, 0.3) is 0 Å². The Morgan fingerprint density at radius 2 is 1.70 bits per heavy atom. The number of rotatable bonds is 3. The minimum atomic E-state index is -4.31. The highest BCUT2D eigenvalue weighted by atomic mass is 19.4. The van der Waals surface area contributed by atoms with Gasteiger partial charge in [0.2, 0.25) is 5.56 Å². The molecule has 0 atom stereocenters. The summed E-state index contributed by atoms with van der Waals surface area (Å²) in [6.07, 6.45) is 1.05. The molecule has 0 radical (unpaired) electrons. The van der Waals surface area contributed by atoms with Crippen LogP contribution in [-0.2, 0) is 6.18 Å². The van der Waals surface area contributed by atoms with E-state index in [0.717, 1.165) is 60.7 Å². The second-order valence-corrected chi connectivity index (χ2v) is 7.22. The van der Waals surface area contributed by atoms with E-state index in [1.54, 1.807) is 12.3 Å². The predicted molar refractivity (Wildman–Crippen MR) is 111 cm³/mol. The second kappa shape index (κ2) is 8.18. The van der Waals surface area contributed by atoms with Crippen LogP contribution >= 0.6 is 0 Å². The first-order valence-electron chi connectivity index (χ1n) is 9.66. The van der Waals surface area contributed by atoms with Gasteiger partial charge in [-0.25, -0.2) is 4.98 Å². The summed E-state index contributed by atoms with van der Waals surface area (Å²) in [7, 11) is 0. The quantitative estimate of drug-likeness (QED) is 0.649. The van der Waals surface area contributed by atoms with Crippen LogP contribution in [-0.4, -0.2) is 23.1 Å². The highest BCUT2D eigenvalue weighted by Crippen LogP contribution is 2.31. The molecule has 0 saturated carbocycles. The van der Waals surface area contributed by atoms with E-state index >= 15 is 0 Å². The van der Waals surface area contributed by atoms with Crippen molar-refractivity contribution in [1.29, 1.82) is 0 Å². The van der Waals surface area contributed by atoms with Crippen molar-refractivity contribution < 1.29 is 13.2 Å². The number of nitrogens with one attached hydrogen (secondary N) is 1. The molecule has 0 aliphatic carbocycles. The third-order valence-corrected chi connectivity index (χ3v) is 5.17. The van der Waals surface area contributed by atoms with Gasteiger partial charge in [-0.2, -0.15) is 13.2 Å². The molecule has 1 saturated heterocycles. The number of halogens is 3. The molecule has 2 aromatic heterocycles. The highest BCUT2D eigenvalue weighted by Gasteiger charge is 2.30.